The van der Waals surface area contributed by atoms with Crippen LogP contribution in [0.2, 0.25) is 5.02 Å². The van der Waals surface area contributed by atoms with Gasteiger partial charge in [-0.2, -0.15) is 5.10 Å². The molecule has 0 atom stereocenters. The molecule has 0 spiro atoms. The highest BCUT2D eigenvalue weighted by atomic mass is 35.5. The predicted octanol–water partition coefficient (Wildman–Crippen LogP) is 1.64. The van der Waals surface area contributed by atoms with E-state index in [9.17, 15) is 4.79 Å². The molecule has 0 aliphatic rings. The van der Waals surface area contributed by atoms with Gasteiger partial charge in [0.15, 0.2) is 0 Å². The van der Waals surface area contributed by atoms with Gasteiger partial charge in [0.1, 0.15) is 4.70 Å². The summed E-state index contributed by atoms with van der Waals surface area (Å²) >= 11 is 7.07. The fraction of sp³-hybridized carbons (Fsp3) is 0. The maximum atomic E-state index is 11.1. The second-order valence-electron chi connectivity index (χ2n) is 2.02. The molecular formula is C6H3ClN2OS. The summed E-state index contributed by atoms with van der Waals surface area (Å²) in [5.41, 5.74) is 0.541. The van der Waals surface area contributed by atoms with Gasteiger partial charge in [0.05, 0.1) is 16.7 Å². The van der Waals surface area contributed by atoms with Gasteiger partial charge in [-0.05, 0) is 0 Å². The number of hydrogen-bond acceptors (Lipinski definition) is 3. The molecule has 5 heteroatoms. The minimum atomic E-state index is -0.0874. The van der Waals surface area contributed by atoms with Gasteiger partial charge >= 0.3 is 0 Å². The maximum absolute atomic E-state index is 11.1. The first kappa shape index (κ1) is 6.82. The molecule has 0 aliphatic carbocycles. The number of nitrogens with one attached hydrogen (secondary N) is 1. The Hall–Kier alpha value is -0.870. The molecule has 0 aliphatic heterocycles. The molecule has 0 radical (unpaired) electrons. The van der Waals surface area contributed by atoms with Crippen molar-refractivity contribution in [2.75, 3.05) is 0 Å². The van der Waals surface area contributed by atoms with E-state index in [1.54, 1.807) is 5.38 Å². The monoisotopic (exact) mass is 186 g/mol. The molecule has 0 saturated carbocycles. The van der Waals surface area contributed by atoms with Crippen LogP contribution in [-0.4, -0.2) is 10.2 Å². The second kappa shape index (κ2) is 2.32. The van der Waals surface area contributed by atoms with Crippen molar-refractivity contribution in [2.24, 2.45) is 0 Å². The predicted molar refractivity (Wildman–Crippen MR) is 45.3 cm³/mol. The zero-order valence-corrected chi connectivity index (χ0v) is 6.87. The summed E-state index contributed by atoms with van der Waals surface area (Å²) in [6.45, 7) is 0. The first-order valence-electron chi connectivity index (χ1n) is 2.89. The van der Waals surface area contributed by atoms with E-state index >= 15 is 0 Å². The minimum absolute atomic E-state index is 0.0874. The lowest BCUT2D eigenvalue weighted by Gasteiger charge is -1.85. The number of halogens is 1. The van der Waals surface area contributed by atoms with Gasteiger partial charge in [0, 0.05) is 5.38 Å². The number of fused-ring (bicyclic) bond motifs is 1. The molecule has 3 nitrogen and oxygen atoms in total. The third-order valence-corrected chi connectivity index (χ3v) is 2.75. The molecule has 0 fully saturated rings. The van der Waals surface area contributed by atoms with E-state index in [-0.39, 0.29) is 5.43 Å². The third kappa shape index (κ3) is 0.948. The average molecular weight is 187 g/mol. The van der Waals surface area contributed by atoms with Gasteiger partial charge in [-0.15, -0.1) is 11.3 Å². The van der Waals surface area contributed by atoms with E-state index in [1.807, 2.05) is 0 Å². The van der Waals surface area contributed by atoms with E-state index in [1.165, 1.54) is 17.5 Å². The minimum Gasteiger partial charge on any atom is -0.286 e. The quantitative estimate of drug-likeness (QED) is 0.680. The lowest BCUT2D eigenvalue weighted by molar-refractivity contribution is 1.07. The number of hydrogen-bond donors (Lipinski definition) is 1. The molecule has 2 aromatic heterocycles. The fourth-order valence-electron chi connectivity index (χ4n) is 0.837. The second-order valence-corrected chi connectivity index (χ2v) is 3.31. The number of aromatic amines is 1. The molecule has 56 valence electrons. The van der Waals surface area contributed by atoms with Crippen molar-refractivity contribution in [2.45, 2.75) is 0 Å². The van der Waals surface area contributed by atoms with Crippen molar-refractivity contribution in [3.8, 4) is 0 Å². The Labute approximate surface area is 70.6 Å². The van der Waals surface area contributed by atoms with Crippen LogP contribution in [0.3, 0.4) is 0 Å². The zero-order valence-electron chi connectivity index (χ0n) is 5.30. The van der Waals surface area contributed by atoms with Crippen LogP contribution in [0, 0.1) is 0 Å². The Morgan fingerprint density at radius 3 is 3.18 bits per heavy atom. The van der Waals surface area contributed by atoms with Crippen LogP contribution >= 0.6 is 22.9 Å². The van der Waals surface area contributed by atoms with Crippen molar-refractivity contribution in [1.29, 1.82) is 0 Å². The van der Waals surface area contributed by atoms with Crippen molar-refractivity contribution >= 4 is 33.2 Å². The van der Waals surface area contributed by atoms with Crippen LogP contribution in [0.15, 0.2) is 16.4 Å². The van der Waals surface area contributed by atoms with Gasteiger partial charge in [0.2, 0.25) is 5.43 Å². The van der Waals surface area contributed by atoms with E-state index in [0.29, 0.717) is 15.2 Å². The van der Waals surface area contributed by atoms with E-state index < -0.39 is 0 Å². The Bertz CT molecular complexity index is 447. The topological polar surface area (TPSA) is 45.8 Å². The van der Waals surface area contributed by atoms with Gasteiger partial charge in [-0.25, -0.2) is 0 Å². The molecule has 0 unspecified atom stereocenters. The van der Waals surface area contributed by atoms with E-state index in [4.69, 9.17) is 11.6 Å². The van der Waals surface area contributed by atoms with Crippen molar-refractivity contribution in [1.82, 2.24) is 10.2 Å². The maximum Gasteiger partial charge on any atom is 0.217 e. The number of aromatic nitrogens is 2. The standard InChI is InChI=1S/C6H3ClN2OS/c7-3-2-11-6-4(10)1-8-9-5(3)6/h1-2H,(H,9,10). The highest BCUT2D eigenvalue weighted by Gasteiger charge is 2.03. The highest BCUT2D eigenvalue weighted by Crippen LogP contribution is 2.24. The fourth-order valence-corrected chi connectivity index (χ4v) is 1.94. The van der Waals surface area contributed by atoms with Gasteiger partial charge in [-0.1, -0.05) is 11.6 Å². The summed E-state index contributed by atoms with van der Waals surface area (Å²) in [5, 5.41) is 8.56. The molecule has 0 amide bonds. The normalized spacial score (nSPS) is 10.6. The molecule has 2 rings (SSSR count). The Kier molecular flexibility index (Phi) is 1.44. The molecule has 2 heterocycles. The summed E-state index contributed by atoms with van der Waals surface area (Å²) in [6.07, 6.45) is 1.25. The van der Waals surface area contributed by atoms with E-state index in [0.717, 1.165) is 0 Å². The zero-order chi connectivity index (χ0) is 7.84. The summed E-state index contributed by atoms with van der Waals surface area (Å²) in [4.78, 5) is 11.1. The summed E-state index contributed by atoms with van der Waals surface area (Å²) in [5.74, 6) is 0. The van der Waals surface area contributed by atoms with Gasteiger partial charge in [-0.3, -0.25) is 9.89 Å². The Morgan fingerprint density at radius 2 is 2.45 bits per heavy atom. The lowest BCUT2D eigenvalue weighted by atomic mass is 10.4. The molecule has 1 N–H and O–H groups in total. The molecule has 2 aromatic rings. The summed E-state index contributed by atoms with van der Waals surface area (Å²) < 4.78 is 0.630. The molecular weight excluding hydrogens is 184 g/mol. The highest BCUT2D eigenvalue weighted by molar-refractivity contribution is 7.17. The van der Waals surface area contributed by atoms with Crippen molar-refractivity contribution in [3.63, 3.8) is 0 Å². The lowest BCUT2D eigenvalue weighted by Crippen LogP contribution is -1.99. The van der Waals surface area contributed by atoms with Crippen molar-refractivity contribution < 1.29 is 0 Å². The molecule has 11 heavy (non-hydrogen) atoms. The number of rotatable bonds is 0. The number of H-pyrrole nitrogens is 1. The molecule has 0 aromatic carbocycles. The first-order chi connectivity index (χ1) is 5.29. The van der Waals surface area contributed by atoms with Gasteiger partial charge in [0.25, 0.3) is 0 Å². The third-order valence-electron chi connectivity index (χ3n) is 1.33. The SMILES string of the molecule is O=c1cn[nH]c2c(Cl)csc12. The Morgan fingerprint density at radius 1 is 1.64 bits per heavy atom. The van der Waals surface area contributed by atoms with Crippen LogP contribution in [0.5, 0.6) is 0 Å². The molecule has 0 bridgehead atoms. The van der Waals surface area contributed by atoms with Crippen LogP contribution in [0.4, 0.5) is 0 Å². The van der Waals surface area contributed by atoms with Crippen LogP contribution in [0.25, 0.3) is 10.2 Å². The van der Waals surface area contributed by atoms with Crippen LogP contribution < -0.4 is 5.43 Å². The Balaban J connectivity index is 3.06. The van der Waals surface area contributed by atoms with Crippen molar-refractivity contribution in [3.05, 3.63) is 26.8 Å². The molecule has 0 saturated heterocycles. The summed E-state index contributed by atoms with van der Waals surface area (Å²) in [6, 6.07) is 0. The van der Waals surface area contributed by atoms with Crippen LogP contribution in [-0.2, 0) is 0 Å². The first-order valence-corrected chi connectivity index (χ1v) is 4.15. The largest absolute Gasteiger partial charge is 0.286 e. The van der Waals surface area contributed by atoms with E-state index in [2.05, 4.69) is 10.2 Å². The number of nitrogens with zero attached hydrogens (tertiary/aromatic N) is 1. The summed E-state index contributed by atoms with van der Waals surface area (Å²) in [7, 11) is 0. The smallest absolute Gasteiger partial charge is 0.217 e. The average Bonchev–Trinajstić information content (AvgIpc) is 2.35. The number of thiophene rings is 1. The van der Waals surface area contributed by atoms with Crippen LogP contribution in [0.1, 0.15) is 0 Å². The van der Waals surface area contributed by atoms with Gasteiger partial charge < -0.3 is 0 Å².